The van der Waals surface area contributed by atoms with E-state index < -0.39 is 12.6 Å². The Morgan fingerprint density at radius 2 is 1.94 bits per heavy atom. The lowest BCUT2D eigenvalue weighted by atomic mass is 10.0. The van der Waals surface area contributed by atoms with Gasteiger partial charge < -0.3 is 19.6 Å². The number of rotatable bonds is 8. The summed E-state index contributed by atoms with van der Waals surface area (Å²) in [6.07, 6.45) is 4.66. The fourth-order valence-corrected chi connectivity index (χ4v) is 4.88. The zero-order chi connectivity index (χ0) is 24.4. The Labute approximate surface area is 204 Å². The number of hydrogen-bond acceptors (Lipinski definition) is 6. The summed E-state index contributed by atoms with van der Waals surface area (Å²) in [5.74, 6) is -0.450. The summed E-state index contributed by atoms with van der Waals surface area (Å²) in [6, 6.07) is 18.9. The SMILES string of the molecule is COc1cc(OCC(=O)O)c(/C=C/C(=O)c2ccc3nc[nH]c3c2)cc1-c1cc2ccccc2s1. The Morgan fingerprint density at radius 3 is 2.74 bits per heavy atom. The molecule has 0 bridgehead atoms. The summed E-state index contributed by atoms with van der Waals surface area (Å²) in [5, 5.41) is 10.2. The molecular weight excluding hydrogens is 464 g/mol. The maximum atomic E-state index is 12.9. The van der Waals surface area contributed by atoms with E-state index in [1.54, 1.807) is 55.1 Å². The molecule has 0 saturated heterocycles. The lowest BCUT2D eigenvalue weighted by molar-refractivity contribution is -0.139. The summed E-state index contributed by atoms with van der Waals surface area (Å²) in [7, 11) is 1.55. The molecule has 0 aliphatic heterocycles. The van der Waals surface area contributed by atoms with Crippen LogP contribution in [-0.2, 0) is 4.79 Å². The Bertz CT molecular complexity index is 1570. The predicted octanol–water partition coefficient (Wildman–Crippen LogP) is 5.81. The monoisotopic (exact) mass is 484 g/mol. The van der Waals surface area contributed by atoms with E-state index >= 15 is 0 Å². The molecule has 2 aromatic heterocycles. The first kappa shape index (κ1) is 22.4. The highest BCUT2D eigenvalue weighted by Gasteiger charge is 2.16. The molecule has 0 radical (unpaired) electrons. The standard InChI is InChI=1S/C27H20N2O5S/c1-33-24-13-23(34-14-27(31)32)17(10-19(24)26-12-18-4-2-3-5-25(18)35-26)7-9-22(30)16-6-8-20-21(11-16)29-15-28-20/h2-13,15H,14H2,1H3,(H,28,29)(H,31,32)/b9-7+. The number of aromatic amines is 1. The van der Waals surface area contributed by atoms with Crippen molar-refractivity contribution in [1.82, 2.24) is 9.97 Å². The second kappa shape index (κ2) is 9.44. The first-order valence-corrected chi connectivity index (χ1v) is 11.5. The number of carbonyl (C=O) groups is 2. The topological polar surface area (TPSA) is 102 Å². The number of aromatic nitrogens is 2. The van der Waals surface area contributed by atoms with Crippen LogP contribution in [0.5, 0.6) is 11.5 Å². The van der Waals surface area contributed by atoms with E-state index in [0.717, 1.165) is 31.6 Å². The molecule has 174 valence electrons. The van der Waals surface area contributed by atoms with Crippen LogP contribution in [-0.4, -0.2) is 40.5 Å². The quantitative estimate of drug-likeness (QED) is 0.213. The molecule has 0 spiro atoms. The number of aliphatic carboxylic acids is 1. The molecule has 5 aromatic rings. The number of fused-ring (bicyclic) bond motifs is 2. The molecule has 35 heavy (non-hydrogen) atoms. The van der Waals surface area contributed by atoms with Crippen LogP contribution in [0, 0.1) is 0 Å². The first-order valence-electron chi connectivity index (χ1n) is 10.7. The van der Waals surface area contributed by atoms with Crippen molar-refractivity contribution in [3.8, 4) is 21.9 Å². The third kappa shape index (κ3) is 4.64. The van der Waals surface area contributed by atoms with Crippen molar-refractivity contribution >= 4 is 50.3 Å². The van der Waals surface area contributed by atoms with Gasteiger partial charge in [-0.25, -0.2) is 9.78 Å². The van der Waals surface area contributed by atoms with E-state index in [1.165, 1.54) is 6.08 Å². The van der Waals surface area contributed by atoms with Gasteiger partial charge in [-0.2, -0.15) is 0 Å². The Morgan fingerprint density at radius 1 is 1.09 bits per heavy atom. The summed E-state index contributed by atoms with van der Waals surface area (Å²) in [4.78, 5) is 32.2. The normalized spacial score (nSPS) is 11.3. The number of nitrogens with one attached hydrogen (secondary N) is 1. The zero-order valence-corrected chi connectivity index (χ0v) is 19.5. The van der Waals surface area contributed by atoms with Crippen LogP contribution in [0.15, 0.2) is 73.1 Å². The largest absolute Gasteiger partial charge is 0.496 e. The van der Waals surface area contributed by atoms with Gasteiger partial charge in [0.25, 0.3) is 0 Å². The molecule has 7 nitrogen and oxygen atoms in total. The van der Waals surface area contributed by atoms with Gasteiger partial charge in [-0.15, -0.1) is 11.3 Å². The molecule has 0 aliphatic carbocycles. The summed E-state index contributed by atoms with van der Waals surface area (Å²) in [5.41, 5.74) is 3.44. The lowest BCUT2D eigenvalue weighted by Crippen LogP contribution is -2.10. The van der Waals surface area contributed by atoms with E-state index in [9.17, 15) is 9.59 Å². The molecule has 0 aliphatic rings. The number of carboxylic acids is 1. The van der Waals surface area contributed by atoms with Gasteiger partial charge in [0.15, 0.2) is 12.4 Å². The number of carbonyl (C=O) groups excluding carboxylic acids is 1. The van der Waals surface area contributed by atoms with Crippen molar-refractivity contribution in [2.75, 3.05) is 13.7 Å². The fourth-order valence-electron chi connectivity index (χ4n) is 3.80. The van der Waals surface area contributed by atoms with Gasteiger partial charge in [0, 0.05) is 32.3 Å². The summed E-state index contributed by atoms with van der Waals surface area (Å²) in [6.45, 7) is -0.517. The third-order valence-electron chi connectivity index (χ3n) is 5.49. The number of nitrogens with zero attached hydrogens (tertiary/aromatic N) is 1. The molecule has 8 heteroatoms. The minimum Gasteiger partial charge on any atom is -0.496 e. The number of hydrogen-bond donors (Lipinski definition) is 2. The van der Waals surface area contributed by atoms with Gasteiger partial charge in [-0.1, -0.05) is 18.2 Å². The van der Waals surface area contributed by atoms with Gasteiger partial charge in [0.2, 0.25) is 0 Å². The van der Waals surface area contributed by atoms with Crippen molar-refractivity contribution < 1.29 is 24.2 Å². The third-order valence-corrected chi connectivity index (χ3v) is 6.64. The van der Waals surface area contributed by atoms with Gasteiger partial charge in [0.05, 0.1) is 24.5 Å². The second-order valence-corrected chi connectivity index (χ2v) is 8.84. The van der Waals surface area contributed by atoms with E-state index in [4.69, 9.17) is 14.6 Å². The highest BCUT2D eigenvalue weighted by Crippen LogP contribution is 2.41. The molecular formula is C27H20N2O5S. The highest BCUT2D eigenvalue weighted by molar-refractivity contribution is 7.22. The molecule has 0 fully saturated rings. The maximum absolute atomic E-state index is 12.9. The number of ketones is 1. The van der Waals surface area contributed by atoms with Gasteiger partial charge in [-0.05, 0) is 53.9 Å². The van der Waals surface area contributed by atoms with Crippen LogP contribution in [0.3, 0.4) is 0 Å². The van der Waals surface area contributed by atoms with Gasteiger partial charge in [0.1, 0.15) is 11.5 Å². The number of imidazole rings is 1. The highest BCUT2D eigenvalue weighted by atomic mass is 32.1. The Kier molecular flexibility index (Phi) is 6.03. The van der Waals surface area contributed by atoms with Crippen LogP contribution in [0.4, 0.5) is 0 Å². The lowest BCUT2D eigenvalue weighted by Gasteiger charge is -2.13. The molecule has 2 N–H and O–H groups in total. The number of thiophene rings is 1. The second-order valence-electron chi connectivity index (χ2n) is 7.75. The van der Waals surface area contributed by atoms with E-state index in [0.29, 0.717) is 22.6 Å². The zero-order valence-electron chi connectivity index (χ0n) is 18.6. The fraction of sp³-hybridized carbons (Fsp3) is 0.0741. The van der Waals surface area contributed by atoms with Gasteiger partial charge in [-0.3, -0.25) is 4.79 Å². The molecule has 5 rings (SSSR count). The number of carboxylic acid groups (broad SMARTS) is 1. The van der Waals surface area contributed by atoms with Crippen LogP contribution >= 0.6 is 11.3 Å². The number of methoxy groups -OCH3 is 1. The number of H-pyrrole nitrogens is 1. The number of benzene rings is 3. The van der Waals surface area contributed by atoms with E-state index in [1.807, 2.05) is 24.3 Å². The average Bonchev–Trinajstić information content (AvgIpc) is 3.52. The minimum atomic E-state index is -1.10. The van der Waals surface area contributed by atoms with Crippen LogP contribution in [0.1, 0.15) is 15.9 Å². The minimum absolute atomic E-state index is 0.204. The van der Waals surface area contributed by atoms with Crippen LogP contribution in [0.25, 0.3) is 37.6 Å². The maximum Gasteiger partial charge on any atom is 0.341 e. The number of ether oxygens (including phenoxy) is 2. The Hall–Kier alpha value is -4.43. The molecule has 0 saturated carbocycles. The Balaban J connectivity index is 1.55. The van der Waals surface area contributed by atoms with Crippen molar-refractivity contribution in [3.05, 3.63) is 84.2 Å². The van der Waals surface area contributed by atoms with Crippen molar-refractivity contribution in [2.45, 2.75) is 0 Å². The van der Waals surface area contributed by atoms with E-state index in [2.05, 4.69) is 22.1 Å². The molecule has 2 heterocycles. The number of allylic oxidation sites excluding steroid dienone is 1. The van der Waals surface area contributed by atoms with Crippen LogP contribution < -0.4 is 9.47 Å². The molecule has 3 aromatic carbocycles. The smallest absolute Gasteiger partial charge is 0.341 e. The summed E-state index contributed by atoms with van der Waals surface area (Å²) >= 11 is 1.62. The summed E-state index contributed by atoms with van der Waals surface area (Å²) < 4.78 is 12.3. The van der Waals surface area contributed by atoms with Crippen molar-refractivity contribution in [3.63, 3.8) is 0 Å². The van der Waals surface area contributed by atoms with Crippen molar-refractivity contribution in [2.24, 2.45) is 0 Å². The first-order chi connectivity index (χ1) is 17.0. The van der Waals surface area contributed by atoms with Crippen LogP contribution in [0.2, 0.25) is 0 Å². The molecule has 0 atom stereocenters. The van der Waals surface area contributed by atoms with Crippen molar-refractivity contribution in [1.29, 1.82) is 0 Å². The molecule has 0 unspecified atom stereocenters. The predicted molar refractivity (Wildman–Crippen MR) is 136 cm³/mol. The van der Waals surface area contributed by atoms with E-state index in [-0.39, 0.29) is 5.78 Å². The average molecular weight is 485 g/mol. The van der Waals surface area contributed by atoms with Gasteiger partial charge >= 0.3 is 5.97 Å². The molecule has 0 amide bonds.